The third kappa shape index (κ3) is 3.34. The first-order chi connectivity index (χ1) is 9.86. The lowest BCUT2D eigenvalue weighted by atomic mass is 10.0. The van der Waals surface area contributed by atoms with Crippen molar-refractivity contribution >= 4 is 5.82 Å². The summed E-state index contributed by atoms with van der Waals surface area (Å²) in [6, 6.07) is 14.0. The van der Waals surface area contributed by atoms with Crippen LogP contribution < -0.4 is 5.32 Å². The predicted octanol–water partition coefficient (Wildman–Crippen LogP) is 3.07. The average molecular weight is 267 g/mol. The van der Waals surface area contributed by atoms with Crippen molar-refractivity contribution in [3.63, 3.8) is 0 Å². The zero-order valence-electron chi connectivity index (χ0n) is 11.5. The summed E-state index contributed by atoms with van der Waals surface area (Å²) in [5, 5.41) is 12.6. The van der Waals surface area contributed by atoms with Gasteiger partial charge in [0.25, 0.3) is 0 Å². The number of nitrogens with zero attached hydrogens (tertiary/aromatic N) is 2. The van der Waals surface area contributed by atoms with Gasteiger partial charge in [0.2, 0.25) is 0 Å². The van der Waals surface area contributed by atoms with E-state index in [0.29, 0.717) is 18.0 Å². The van der Waals surface area contributed by atoms with Crippen molar-refractivity contribution in [2.45, 2.75) is 6.42 Å². The minimum atomic E-state index is 0.580. The van der Waals surface area contributed by atoms with Crippen molar-refractivity contribution in [2.24, 2.45) is 0 Å². The molecule has 102 valence electrons. The normalized spacial score (nSPS) is 10.0. The fraction of sp³-hybridized carbons (Fsp3) is 0.250. The van der Waals surface area contributed by atoms with Crippen molar-refractivity contribution < 1.29 is 4.74 Å². The monoisotopic (exact) mass is 267 g/mol. The maximum atomic E-state index is 9.41. The molecule has 1 aromatic carbocycles. The van der Waals surface area contributed by atoms with Crippen LogP contribution in [0.5, 0.6) is 0 Å². The van der Waals surface area contributed by atoms with Crippen molar-refractivity contribution in [1.82, 2.24) is 4.98 Å². The first-order valence-corrected chi connectivity index (χ1v) is 6.54. The van der Waals surface area contributed by atoms with Crippen molar-refractivity contribution in [3.05, 3.63) is 48.2 Å². The maximum absolute atomic E-state index is 9.41. The molecule has 2 rings (SSSR count). The zero-order valence-corrected chi connectivity index (χ0v) is 11.5. The molecule has 0 aliphatic heterocycles. The molecule has 0 spiro atoms. The molecule has 4 nitrogen and oxygen atoms in total. The summed E-state index contributed by atoms with van der Waals surface area (Å²) in [7, 11) is 1.68. The summed E-state index contributed by atoms with van der Waals surface area (Å²) in [4.78, 5) is 4.26. The van der Waals surface area contributed by atoms with Crippen LogP contribution in [0.25, 0.3) is 11.1 Å². The first-order valence-electron chi connectivity index (χ1n) is 6.54. The SMILES string of the molecule is COCCCNc1nccc(-c2ccccc2)c1C#N. The second kappa shape index (κ2) is 7.27. The Hall–Kier alpha value is -2.38. The fourth-order valence-corrected chi connectivity index (χ4v) is 1.99. The van der Waals surface area contributed by atoms with Crippen molar-refractivity contribution in [2.75, 3.05) is 25.6 Å². The number of ether oxygens (including phenoxy) is 1. The molecule has 0 radical (unpaired) electrons. The van der Waals surface area contributed by atoms with Crippen molar-refractivity contribution in [1.29, 1.82) is 5.26 Å². The molecule has 0 fully saturated rings. The number of hydrogen-bond donors (Lipinski definition) is 1. The smallest absolute Gasteiger partial charge is 0.144 e. The number of nitrogens with one attached hydrogen (secondary N) is 1. The van der Waals surface area contributed by atoms with Crippen LogP contribution in [0.1, 0.15) is 12.0 Å². The largest absolute Gasteiger partial charge is 0.385 e. The van der Waals surface area contributed by atoms with Gasteiger partial charge in [0.15, 0.2) is 0 Å². The molecule has 0 aliphatic carbocycles. The number of rotatable bonds is 6. The Morgan fingerprint density at radius 1 is 1.25 bits per heavy atom. The molecule has 1 aromatic heterocycles. The number of anilines is 1. The maximum Gasteiger partial charge on any atom is 0.144 e. The second-order valence-electron chi connectivity index (χ2n) is 4.33. The Balaban J connectivity index is 2.24. The third-order valence-electron chi connectivity index (χ3n) is 2.97. The van der Waals surface area contributed by atoms with Gasteiger partial charge < -0.3 is 10.1 Å². The van der Waals surface area contributed by atoms with Crippen LogP contribution in [0.2, 0.25) is 0 Å². The number of methoxy groups -OCH3 is 1. The van der Waals surface area contributed by atoms with E-state index in [1.165, 1.54) is 0 Å². The van der Waals surface area contributed by atoms with Gasteiger partial charge >= 0.3 is 0 Å². The Kier molecular flexibility index (Phi) is 5.10. The highest BCUT2D eigenvalue weighted by atomic mass is 16.5. The van der Waals surface area contributed by atoms with E-state index in [0.717, 1.165) is 24.1 Å². The molecule has 0 unspecified atom stereocenters. The van der Waals surface area contributed by atoms with Gasteiger partial charge in [0.1, 0.15) is 17.5 Å². The number of pyridine rings is 1. The van der Waals surface area contributed by atoms with Crippen LogP contribution in [0.15, 0.2) is 42.6 Å². The van der Waals surface area contributed by atoms with Gasteiger partial charge in [-0.1, -0.05) is 30.3 Å². The number of benzene rings is 1. The highest BCUT2D eigenvalue weighted by molar-refractivity contribution is 5.75. The van der Waals surface area contributed by atoms with Gasteiger partial charge in [-0.2, -0.15) is 5.26 Å². The van der Waals surface area contributed by atoms with Gasteiger partial charge in [0.05, 0.1) is 0 Å². The summed E-state index contributed by atoms with van der Waals surface area (Å²) in [5.74, 6) is 0.630. The van der Waals surface area contributed by atoms with E-state index in [2.05, 4.69) is 16.4 Å². The highest BCUT2D eigenvalue weighted by Gasteiger charge is 2.10. The third-order valence-corrected chi connectivity index (χ3v) is 2.97. The molecular weight excluding hydrogens is 250 g/mol. The molecule has 0 saturated heterocycles. The van der Waals surface area contributed by atoms with Crippen LogP contribution in [0, 0.1) is 11.3 Å². The molecule has 0 atom stereocenters. The first kappa shape index (κ1) is 14.0. The summed E-state index contributed by atoms with van der Waals surface area (Å²) < 4.78 is 5.00. The lowest BCUT2D eigenvalue weighted by molar-refractivity contribution is 0.198. The van der Waals surface area contributed by atoms with E-state index in [4.69, 9.17) is 4.74 Å². The van der Waals surface area contributed by atoms with Crippen LogP contribution >= 0.6 is 0 Å². The minimum Gasteiger partial charge on any atom is -0.385 e. The summed E-state index contributed by atoms with van der Waals surface area (Å²) >= 11 is 0. The number of nitriles is 1. The van der Waals surface area contributed by atoms with Gasteiger partial charge in [-0.25, -0.2) is 4.98 Å². The van der Waals surface area contributed by atoms with Crippen LogP contribution in [-0.2, 0) is 4.74 Å². The van der Waals surface area contributed by atoms with E-state index in [9.17, 15) is 5.26 Å². The van der Waals surface area contributed by atoms with E-state index in [1.54, 1.807) is 13.3 Å². The minimum absolute atomic E-state index is 0.580. The van der Waals surface area contributed by atoms with Gasteiger partial charge in [-0.3, -0.25) is 0 Å². The van der Waals surface area contributed by atoms with Gasteiger partial charge in [-0.05, 0) is 18.1 Å². The van der Waals surface area contributed by atoms with Crippen LogP contribution in [-0.4, -0.2) is 25.2 Å². The molecule has 4 heteroatoms. The van der Waals surface area contributed by atoms with Crippen molar-refractivity contribution in [3.8, 4) is 17.2 Å². The lowest BCUT2D eigenvalue weighted by Gasteiger charge is -2.10. The summed E-state index contributed by atoms with van der Waals surface area (Å²) in [6.45, 7) is 1.42. The fourth-order valence-electron chi connectivity index (χ4n) is 1.99. The number of hydrogen-bond acceptors (Lipinski definition) is 4. The molecular formula is C16H17N3O. The van der Waals surface area contributed by atoms with Crippen LogP contribution in [0.3, 0.4) is 0 Å². The Morgan fingerprint density at radius 3 is 2.75 bits per heavy atom. The Bertz CT molecular complexity index is 590. The predicted molar refractivity (Wildman–Crippen MR) is 79.4 cm³/mol. The molecule has 1 N–H and O–H groups in total. The van der Waals surface area contributed by atoms with E-state index in [1.807, 2.05) is 36.4 Å². The quantitative estimate of drug-likeness (QED) is 0.817. The molecule has 2 aromatic rings. The Morgan fingerprint density at radius 2 is 2.05 bits per heavy atom. The lowest BCUT2D eigenvalue weighted by Crippen LogP contribution is -2.08. The topological polar surface area (TPSA) is 57.9 Å². The average Bonchev–Trinajstić information content (AvgIpc) is 2.52. The molecule has 0 amide bonds. The standard InChI is InChI=1S/C16H17N3O/c1-20-11-5-9-18-16-15(12-17)14(8-10-19-16)13-6-3-2-4-7-13/h2-4,6-8,10H,5,9,11H2,1H3,(H,18,19). The van der Waals surface area contributed by atoms with Gasteiger partial charge in [-0.15, -0.1) is 0 Å². The molecule has 1 heterocycles. The van der Waals surface area contributed by atoms with E-state index in [-0.39, 0.29) is 0 Å². The molecule has 0 saturated carbocycles. The molecule has 0 bridgehead atoms. The molecule has 20 heavy (non-hydrogen) atoms. The van der Waals surface area contributed by atoms with E-state index >= 15 is 0 Å². The molecule has 0 aliphatic rings. The summed E-state index contributed by atoms with van der Waals surface area (Å²) in [6.07, 6.45) is 2.60. The van der Waals surface area contributed by atoms with Crippen LogP contribution in [0.4, 0.5) is 5.82 Å². The number of aromatic nitrogens is 1. The van der Waals surface area contributed by atoms with E-state index < -0.39 is 0 Å². The second-order valence-corrected chi connectivity index (χ2v) is 4.33. The zero-order chi connectivity index (χ0) is 14.2. The highest BCUT2D eigenvalue weighted by Crippen LogP contribution is 2.26. The summed E-state index contributed by atoms with van der Waals surface area (Å²) in [5.41, 5.74) is 2.50. The van der Waals surface area contributed by atoms with Gasteiger partial charge in [0, 0.05) is 32.0 Å². The Labute approximate surface area is 119 Å².